The number of guanidine groups is 1. The first-order valence-corrected chi connectivity index (χ1v) is 11.0. The minimum Gasteiger partial charge on any atom is -0.480 e. The predicted molar refractivity (Wildman–Crippen MR) is 119 cm³/mol. The molecule has 1 aliphatic heterocycles. The molecule has 3 amide bonds. The first kappa shape index (κ1) is 27.1. The van der Waals surface area contributed by atoms with E-state index in [2.05, 4.69) is 26.3 Å². The number of amides is 3. The van der Waals surface area contributed by atoms with Crippen molar-refractivity contribution in [3.8, 4) is 0 Å². The van der Waals surface area contributed by atoms with Gasteiger partial charge in [-0.1, -0.05) is 20.3 Å². The maximum absolute atomic E-state index is 12.8. The highest BCUT2D eigenvalue weighted by molar-refractivity contribution is 5.94. The van der Waals surface area contributed by atoms with Gasteiger partial charge in [0.15, 0.2) is 5.96 Å². The number of aliphatic carboxylic acids is 1. The molecule has 1 fully saturated rings. The fourth-order valence-corrected chi connectivity index (χ4v) is 3.29. The highest BCUT2D eigenvalue weighted by atomic mass is 16.4. The Hall–Kier alpha value is -2.89. The van der Waals surface area contributed by atoms with Gasteiger partial charge < -0.3 is 37.8 Å². The molecule has 0 aromatic rings. The first-order valence-electron chi connectivity index (χ1n) is 11.0. The number of rotatable bonds is 13. The lowest BCUT2D eigenvalue weighted by Crippen LogP contribution is -2.57. The smallest absolute Gasteiger partial charge is 0.326 e. The average Bonchev–Trinajstić information content (AvgIpc) is 3.27. The van der Waals surface area contributed by atoms with Crippen molar-refractivity contribution in [1.29, 1.82) is 0 Å². The molecule has 5 atom stereocenters. The van der Waals surface area contributed by atoms with Crippen molar-refractivity contribution in [1.82, 2.24) is 21.3 Å². The number of carbonyl (C=O) groups is 4. The summed E-state index contributed by atoms with van der Waals surface area (Å²) in [7, 11) is 0. The maximum Gasteiger partial charge on any atom is 0.326 e. The van der Waals surface area contributed by atoms with E-state index in [1.54, 1.807) is 0 Å². The maximum atomic E-state index is 12.8. The van der Waals surface area contributed by atoms with Gasteiger partial charge in [-0.2, -0.15) is 0 Å². The van der Waals surface area contributed by atoms with Crippen LogP contribution in [0.1, 0.15) is 52.9 Å². The number of carbonyl (C=O) groups excluding carboxylic acids is 3. The summed E-state index contributed by atoms with van der Waals surface area (Å²) in [6.07, 6.45) is 2.73. The highest BCUT2D eigenvalue weighted by Gasteiger charge is 2.32. The molecular weight excluding hydrogens is 418 g/mol. The van der Waals surface area contributed by atoms with E-state index in [4.69, 9.17) is 11.5 Å². The molecule has 1 heterocycles. The van der Waals surface area contributed by atoms with Gasteiger partial charge in [0.25, 0.3) is 0 Å². The molecule has 12 heteroatoms. The van der Waals surface area contributed by atoms with E-state index in [1.165, 1.54) is 6.92 Å². The topological polar surface area (TPSA) is 201 Å². The minimum atomic E-state index is -1.20. The molecule has 12 nitrogen and oxygen atoms in total. The van der Waals surface area contributed by atoms with Gasteiger partial charge in [-0.25, -0.2) is 4.79 Å². The van der Waals surface area contributed by atoms with E-state index >= 15 is 0 Å². The fraction of sp³-hybridized carbons (Fsp3) is 0.750. The lowest BCUT2D eigenvalue weighted by Gasteiger charge is -2.27. The largest absolute Gasteiger partial charge is 0.480 e. The summed E-state index contributed by atoms with van der Waals surface area (Å²) in [5.41, 5.74) is 10.5. The van der Waals surface area contributed by atoms with Crippen LogP contribution >= 0.6 is 0 Å². The van der Waals surface area contributed by atoms with Crippen molar-refractivity contribution in [2.75, 3.05) is 13.1 Å². The molecule has 0 radical (unpaired) electrons. The van der Waals surface area contributed by atoms with Gasteiger partial charge in [0.05, 0.1) is 6.04 Å². The van der Waals surface area contributed by atoms with Crippen LogP contribution in [-0.2, 0) is 19.2 Å². The molecular formula is C20H37N7O5. The van der Waals surface area contributed by atoms with Crippen molar-refractivity contribution in [3.05, 3.63) is 0 Å². The highest BCUT2D eigenvalue weighted by Crippen LogP contribution is 2.11. The Morgan fingerprint density at radius 2 is 1.81 bits per heavy atom. The van der Waals surface area contributed by atoms with E-state index in [1.807, 2.05) is 13.8 Å². The summed E-state index contributed by atoms with van der Waals surface area (Å²) in [5.74, 6) is -2.82. The molecule has 1 aliphatic rings. The Balaban J connectivity index is 2.67. The molecule has 1 saturated heterocycles. The number of nitrogens with one attached hydrogen (secondary N) is 4. The average molecular weight is 456 g/mol. The van der Waals surface area contributed by atoms with Crippen molar-refractivity contribution in [2.24, 2.45) is 22.4 Å². The van der Waals surface area contributed by atoms with Gasteiger partial charge in [-0.15, -0.1) is 0 Å². The summed E-state index contributed by atoms with van der Waals surface area (Å²) in [6, 6.07) is -3.27. The van der Waals surface area contributed by atoms with E-state index < -0.39 is 35.9 Å². The number of nitrogens with zero attached hydrogens (tertiary/aromatic N) is 1. The van der Waals surface area contributed by atoms with Crippen molar-refractivity contribution in [2.45, 2.75) is 77.0 Å². The Kier molecular flexibility index (Phi) is 11.5. The zero-order valence-electron chi connectivity index (χ0n) is 19.0. The standard InChI is InChI=1S/C20H37N7O5/c1-4-11(2)15(27-17(29)13-7-5-9-23-13)18(30)25-12(3)16(28)26-14(19(31)32)8-6-10-24-20(21)22/h11-15,23H,4-10H2,1-3H3,(H,25,30)(H,26,28)(H,27,29)(H,31,32)(H4,21,22,24). The second-order valence-corrected chi connectivity index (χ2v) is 8.10. The summed E-state index contributed by atoms with van der Waals surface area (Å²) in [6.45, 7) is 6.20. The van der Waals surface area contributed by atoms with E-state index in [-0.39, 0.29) is 36.8 Å². The van der Waals surface area contributed by atoms with Gasteiger partial charge in [0, 0.05) is 6.54 Å². The van der Waals surface area contributed by atoms with E-state index in [0.717, 1.165) is 13.0 Å². The molecule has 0 aliphatic carbocycles. The van der Waals surface area contributed by atoms with Gasteiger partial charge >= 0.3 is 5.97 Å². The molecule has 1 rings (SSSR count). The van der Waals surface area contributed by atoms with Crippen LogP contribution in [-0.4, -0.2) is 72.0 Å². The van der Waals surface area contributed by atoms with E-state index in [9.17, 15) is 24.3 Å². The Morgan fingerprint density at radius 1 is 1.12 bits per heavy atom. The number of hydrogen-bond donors (Lipinski definition) is 7. The summed E-state index contributed by atoms with van der Waals surface area (Å²) < 4.78 is 0. The molecule has 0 spiro atoms. The van der Waals surface area contributed by atoms with Crippen LogP contribution in [0.4, 0.5) is 0 Å². The predicted octanol–water partition coefficient (Wildman–Crippen LogP) is -1.60. The molecule has 0 saturated carbocycles. The van der Waals surface area contributed by atoms with E-state index in [0.29, 0.717) is 19.3 Å². The van der Waals surface area contributed by atoms with Crippen LogP contribution in [0.3, 0.4) is 0 Å². The number of hydrogen-bond acceptors (Lipinski definition) is 6. The fourth-order valence-electron chi connectivity index (χ4n) is 3.29. The quantitative estimate of drug-likeness (QED) is 0.0976. The van der Waals surface area contributed by atoms with Crippen molar-refractivity contribution >= 4 is 29.7 Å². The summed E-state index contributed by atoms with van der Waals surface area (Å²) in [5, 5.41) is 20.2. The second-order valence-electron chi connectivity index (χ2n) is 8.10. The van der Waals surface area contributed by atoms with Crippen LogP contribution in [0.25, 0.3) is 0 Å². The molecule has 9 N–H and O–H groups in total. The van der Waals surface area contributed by atoms with Gasteiger partial charge in [-0.05, 0) is 45.1 Å². The third-order valence-electron chi connectivity index (χ3n) is 5.48. The lowest BCUT2D eigenvalue weighted by molar-refractivity contribution is -0.142. The molecule has 0 bridgehead atoms. The molecule has 32 heavy (non-hydrogen) atoms. The minimum absolute atomic E-state index is 0.0936. The molecule has 0 aromatic heterocycles. The van der Waals surface area contributed by atoms with Crippen LogP contribution in [0.15, 0.2) is 4.99 Å². The van der Waals surface area contributed by atoms with Gasteiger partial charge in [-0.3, -0.25) is 19.4 Å². The van der Waals surface area contributed by atoms with Crippen LogP contribution in [0.5, 0.6) is 0 Å². The van der Waals surface area contributed by atoms with Gasteiger partial charge in [0.2, 0.25) is 17.7 Å². The van der Waals surface area contributed by atoms with Crippen LogP contribution in [0.2, 0.25) is 0 Å². The molecule has 5 unspecified atom stereocenters. The third-order valence-corrected chi connectivity index (χ3v) is 5.48. The normalized spacial score (nSPS) is 19.2. The van der Waals surface area contributed by atoms with Crippen molar-refractivity contribution < 1.29 is 24.3 Å². The number of carboxylic acid groups (broad SMARTS) is 1. The van der Waals surface area contributed by atoms with Crippen LogP contribution < -0.4 is 32.7 Å². The van der Waals surface area contributed by atoms with Gasteiger partial charge in [0.1, 0.15) is 18.1 Å². The summed E-state index contributed by atoms with van der Waals surface area (Å²) >= 11 is 0. The number of aliphatic imine (C=N–C) groups is 1. The molecule has 182 valence electrons. The zero-order chi connectivity index (χ0) is 24.3. The summed E-state index contributed by atoms with van der Waals surface area (Å²) in [4.78, 5) is 53.0. The van der Waals surface area contributed by atoms with Crippen molar-refractivity contribution in [3.63, 3.8) is 0 Å². The Bertz CT molecular complexity index is 690. The molecule has 0 aromatic carbocycles. The van der Waals surface area contributed by atoms with Crippen LogP contribution in [0, 0.1) is 5.92 Å². The lowest BCUT2D eigenvalue weighted by atomic mass is 9.97. The first-order chi connectivity index (χ1) is 15.1. The third kappa shape index (κ3) is 9.08. The SMILES string of the molecule is CCC(C)C(NC(=O)C1CCCN1)C(=O)NC(C)C(=O)NC(CCCN=C(N)N)C(=O)O. The monoisotopic (exact) mass is 455 g/mol. The Morgan fingerprint density at radius 3 is 2.34 bits per heavy atom. The number of carboxylic acids is 1. The Labute approximate surface area is 188 Å². The number of nitrogens with two attached hydrogens (primary N) is 2. The zero-order valence-corrected chi connectivity index (χ0v) is 19.0. The second kappa shape index (κ2) is 13.5.